The van der Waals surface area contributed by atoms with Crippen LogP contribution in [0.25, 0.3) is 17.2 Å². The second kappa shape index (κ2) is 11.2. The van der Waals surface area contributed by atoms with Crippen LogP contribution in [0.2, 0.25) is 0 Å². The molecule has 1 atom stereocenters. The number of para-hydroxylation sites is 1. The quantitative estimate of drug-likeness (QED) is 0.273. The van der Waals surface area contributed by atoms with Crippen LogP contribution in [0.4, 0.5) is 10.3 Å². The molecule has 4 rings (SSSR count). The fourth-order valence-electron chi connectivity index (χ4n) is 4.07. The van der Waals surface area contributed by atoms with Gasteiger partial charge in [0.15, 0.2) is 15.7 Å². The maximum Gasteiger partial charge on any atom is 0.243 e. The van der Waals surface area contributed by atoms with Crippen LogP contribution in [0.5, 0.6) is 11.5 Å². The number of nitrogens with one attached hydrogen (secondary N) is 1. The van der Waals surface area contributed by atoms with Crippen LogP contribution in [0.3, 0.4) is 0 Å². The Morgan fingerprint density at radius 2 is 1.68 bits per heavy atom. The Morgan fingerprint density at radius 3 is 2.23 bits per heavy atom. The van der Waals surface area contributed by atoms with Gasteiger partial charge in [-0.05, 0) is 30.3 Å². The predicted molar refractivity (Wildman–Crippen MR) is 143 cm³/mol. The lowest BCUT2D eigenvalue weighted by Crippen LogP contribution is -2.25. The van der Waals surface area contributed by atoms with Crippen molar-refractivity contribution in [2.45, 2.75) is 11.0 Å². The Balaban J connectivity index is 1.81. The fraction of sp³-hybridized carbons (Fsp3) is 0.292. The Morgan fingerprint density at radius 1 is 1.00 bits per heavy atom. The fourth-order valence-corrected chi connectivity index (χ4v) is 6.24. The van der Waals surface area contributed by atoms with Gasteiger partial charge in [-0.3, -0.25) is 14.0 Å². The summed E-state index contributed by atoms with van der Waals surface area (Å²) in [5.74, 6) is -0.901. The van der Waals surface area contributed by atoms with Crippen LogP contribution >= 0.6 is 0 Å². The molecule has 40 heavy (non-hydrogen) atoms. The summed E-state index contributed by atoms with van der Waals surface area (Å²) >= 11 is 0. The molecule has 2 aromatic carbocycles. The lowest BCUT2D eigenvalue weighted by Gasteiger charge is -2.20. The molecule has 13 nitrogen and oxygen atoms in total. The minimum Gasteiger partial charge on any atom is -0.494 e. The van der Waals surface area contributed by atoms with Gasteiger partial charge in [-0.25, -0.2) is 21.2 Å². The number of halogens is 1. The van der Waals surface area contributed by atoms with E-state index >= 15 is 0 Å². The summed E-state index contributed by atoms with van der Waals surface area (Å²) in [5.41, 5.74) is 0.670. The van der Waals surface area contributed by atoms with E-state index in [9.17, 15) is 21.2 Å². The second-order valence-electron chi connectivity index (χ2n) is 8.63. The van der Waals surface area contributed by atoms with Gasteiger partial charge in [0.25, 0.3) is 0 Å². The Bertz CT molecular complexity index is 1730. The average molecular weight is 595 g/mol. The molecule has 1 N–H and O–H groups in total. The molecule has 0 fully saturated rings. The Hall–Kier alpha value is -4.02. The van der Waals surface area contributed by atoms with Gasteiger partial charge in [-0.2, -0.15) is 5.10 Å². The molecule has 0 spiro atoms. The second-order valence-corrected chi connectivity index (χ2v) is 12.4. The van der Waals surface area contributed by atoms with E-state index in [4.69, 9.17) is 14.2 Å². The number of ether oxygens (including phenoxy) is 3. The molecule has 0 saturated heterocycles. The Kier molecular flexibility index (Phi) is 8.13. The smallest absolute Gasteiger partial charge is 0.243 e. The van der Waals surface area contributed by atoms with Gasteiger partial charge in [0.2, 0.25) is 16.0 Å². The van der Waals surface area contributed by atoms with Gasteiger partial charge in [0, 0.05) is 32.2 Å². The molecule has 214 valence electrons. The molecule has 2 heterocycles. The van der Waals surface area contributed by atoms with Crippen molar-refractivity contribution in [3.05, 3.63) is 60.0 Å². The molecule has 0 unspecified atom stereocenters. The maximum atomic E-state index is 13.9. The highest BCUT2D eigenvalue weighted by Crippen LogP contribution is 2.37. The third-order valence-electron chi connectivity index (χ3n) is 5.86. The summed E-state index contributed by atoms with van der Waals surface area (Å²) in [5, 5.41) is 12.6. The topological polar surface area (TPSA) is 157 Å². The molecular weight excluding hydrogens is 567 g/mol. The number of methoxy groups -OCH3 is 3. The molecule has 4 aromatic rings. The summed E-state index contributed by atoms with van der Waals surface area (Å²) in [4.78, 5) is -0.381. The zero-order chi connectivity index (χ0) is 29.2. The van der Waals surface area contributed by atoms with Gasteiger partial charge in [0.1, 0.15) is 28.7 Å². The molecule has 0 radical (unpaired) electrons. The number of hydrogen-bond donors (Lipinski definition) is 1. The maximum absolute atomic E-state index is 13.9. The normalized spacial score (nSPS) is 12.8. The summed E-state index contributed by atoms with van der Waals surface area (Å²) in [6.45, 7) is 0. The van der Waals surface area contributed by atoms with Gasteiger partial charge >= 0.3 is 0 Å². The van der Waals surface area contributed by atoms with E-state index in [0.29, 0.717) is 22.9 Å². The zero-order valence-corrected chi connectivity index (χ0v) is 23.8. The number of hydrogen-bond acceptors (Lipinski definition) is 10. The number of anilines is 1. The molecule has 0 aliphatic heterocycles. The molecule has 2 aromatic heterocycles. The summed E-state index contributed by atoms with van der Waals surface area (Å²) in [7, 11) is -2.39. The lowest BCUT2D eigenvalue weighted by atomic mass is 10.1. The van der Waals surface area contributed by atoms with Crippen molar-refractivity contribution in [2.24, 2.45) is 7.05 Å². The zero-order valence-electron chi connectivity index (χ0n) is 22.2. The molecule has 16 heteroatoms. The van der Waals surface area contributed by atoms with E-state index in [1.165, 1.54) is 32.0 Å². The molecule has 0 saturated carbocycles. The van der Waals surface area contributed by atoms with Gasteiger partial charge in [-0.1, -0.05) is 12.1 Å². The van der Waals surface area contributed by atoms with Crippen LogP contribution in [0.15, 0.2) is 53.6 Å². The molecule has 0 aliphatic carbocycles. The number of rotatable bonds is 11. The number of nitrogens with zero attached hydrogens (tertiary/aromatic N) is 5. The molecule has 0 aliphatic rings. The first kappa shape index (κ1) is 29.0. The van der Waals surface area contributed by atoms with Gasteiger partial charge in [0.05, 0.1) is 31.0 Å². The first-order valence-electron chi connectivity index (χ1n) is 11.6. The van der Waals surface area contributed by atoms with E-state index in [1.807, 2.05) is 0 Å². The van der Waals surface area contributed by atoms with Crippen LogP contribution in [-0.2, 0) is 31.6 Å². The van der Waals surface area contributed by atoms with E-state index in [1.54, 1.807) is 42.2 Å². The van der Waals surface area contributed by atoms with E-state index in [0.717, 1.165) is 18.4 Å². The SMILES string of the molecule is COc1cccc(OC)c1-n1c(NS(=O)(=O)C[C@@H](OC)c2ccc(F)cc2S(C)(=O)=O)nnc1-c1ccn(C)n1. The number of aryl methyl sites for hydroxylation is 1. The van der Waals surface area contributed by atoms with E-state index < -0.39 is 37.5 Å². The summed E-state index contributed by atoms with van der Waals surface area (Å²) in [6, 6.07) is 9.70. The van der Waals surface area contributed by atoms with Crippen molar-refractivity contribution in [1.82, 2.24) is 24.5 Å². The third kappa shape index (κ3) is 5.93. The highest BCUT2D eigenvalue weighted by molar-refractivity contribution is 7.92. The van der Waals surface area contributed by atoms with Crippen LogP contribution in [-0.4, -0.2) is 74.7 Å². The summed E-state index contributed by atoms with van der Waals surface area (Å²) < 4.78 is 87.1. The van der Waals surface area contributed by atoms with Gasteiger partial charge in [-0.15, -0.1) is 10.2 Å². The minimum absolute atomic E-state index is 0.0150. The minimum atomic E-state index is -4.29. The van der Waals surface area contributed by atoms with E-state index in [2.05, 4.69) is 20.0 Å². The van der Waals surface area contributed by atoms with Crippen molar-refractivity contribution in [2.75, 3.05) is 38.1 Å². The highest BCUT2D eigenvalue weighted by Gasteiger charge is 2.30. The lowest BCUT2D eigenvalue weighted by molar-refractivity contribution is 0.119. The van der Waals surface area contributed by atoms with Crippen molar-refractivity contribution >= 4 is 25.8 Å². The van der Waals surface area contributed by atoms with Crippen LogP contribution in [0, 0.1) is 5.82 Å². The number of aromatic nitrogens is 5. The summed E-state index contributed by atoms with van der Waals surface area (Å²) in [6.07, 6.45) is 1.31. The largest absolute Gasteiger partial charge is 0.494 e. The standard InChI is InChI=1S/C24H27FN6O7S2/c1-30-12-11-17(28-30)23-26-27-24(31(23)22-18(36-2)7-6-8-19(22)37-3)29-40(34,35)14-20(38-4)16-10-9-15(25)13-21(16)39(5,32)33/h6-13,20H,14H2,1-5H3,(H,27,29)/t20-/m1/s1. The van der Waals surface area contributed by atoms with Crippen LogP contribution < -0.4 is 14.2 Å². The first-order chi connectivity index (χ1) is 18.9. The monoisotopic (exact) mass is 594 g/mol. The predicted octanol–water partition coefficient (Wildman–Crippen LogP) is 2.36. The van der Waals surface area contributed by atoms with Crippen molar-refractivity contribution in [3.8, 4) is 28.7 Å². The van der Waals surface area contributed by atoms with E-state index in [-0.39, 0.29) is 22.2 Å². The molecule has 0 bridgehead atoms. The first-order valence-corrected chi connectivity index (χ1v) is 15.1. The number of benzene rings is 2. The van der Waals surface area contributed by atoms with Crippen LogP contribution in [0.1, 0.15) is 11.7 Å². The van der Waals surface area contributed by atoms with Crippen molar-refractivity contribution < 1.29 is 35.4 Å². The van der Waals surface area contributed by atoms with Gasteiger partial charge < -0.3 is 14.2 Å². The molecule has 0 amide bonds. The average Bonchev–Trinajstić information content (AvgIpc) is 3.51. The third-order valence-corrected chi connectivity index (χ3v) is 8.24. The molecular formula is C24H27FN6O7S2. The van der Waals surface area contributed by atoms with Crippen molar-refractivity contribution in [3.63, 3.8) is 0 Å². The highest BCUT2D eigenvalue weighted by atomic mass is 32.2. The Labute approximate surface area is 230 Å². The van der Waals surface area contributed by atoms with Crippen molar-refractivity contribution in [1.29, 1.82) is 0 Å². The number of sulfonamides is 1. The number of sulfone groups is 1.